The van der Waals surface area contributed by atoms with Crippen LogP contribution in [-0.4, -0.2) is 50.6 Å². The number of benzene rings is 2. The third-order valence-electron chi connectivity index (χ3n) is 4.88. The van der Waals surface area contributed by atoms with Gasteiger partial charge in [0.15, 0.2) is 11.5 Å². The highest BCUT2D eigenvalue weighted by molar-refractivity contribution is 6.10. The van der Waals surface area contributed by atoms with Gasteiger partial charge in [-0.25, -0.2) is 4.79 Å². The zero-order valence-corrected chi connectivity index (χ0v) is 17.1. The second-order valence-electron chi connectivity index (χ2n) is 6.77. The van der Waals surface area contributed by atoms with Crippen LogP contribution in [0.2, 0.25) is 0 Å². The van der Waals surface area contributed by atoms with E-state index in [2.05, 4.69) is 10.6 Å². The molecule has 9 heteroatoms. The zero-order valence-electron chi connectivity index (χ0n) is 17.1. The highest BCUT2D eigenvalue weighted by atomic mass is 16.5. The highest BCUT2D eigenvalue weighted by Crippen LogP contribution is 2.40. The van der Waals surface area contributed by atoms with Crippen molar-refractivity contribution in [2.75, 3.05) is 33.2 Å². The normalized spacial score (nSPS) is 18.1. The smallest absolute Gasteiger partial charge is 0.325 e. The van der Waals surface area contributed by atoms with Gasteiger partial charge in [-0.2, -0.15) is 0 Å². The average molecular weight is 413 g/mol. The Morgan fingerprint density at radius 3 is 2.17 bits per heavy atom. The number of amides is 4. The van der Waals surface area contributed by atoms with Gasteiger partial charge >= 0.3 is 6.03 Å². The monoisotopic (exact) mass is 413 g/mol. The standard InChI is InChI=1S/C21H23N3O6/c1-21(13-8-6-5-7-9-13)19(26)24(20(27)23-21)12-17(25)22-14-10-15(28-2)18(30-4)16(11-14)29-3/h5-11H,12H2,1-4H3,(H,22,25)(H,23,27). The van der Waals surface area contributed by atoms with Crippen molar-refractivity contribution < 1.29 is 28.6 Å². The number of nitrogens with zero attached hydrogens (tertiary/aromatic N) is 1. The first kappa shape index (κ1) is 21.0. The Kier molecular flexibility index (Phi) is 5.81. The summed E-state index contributed by atoms with van der Waals surface area (Å²) in [6.07, 6.45) is 0. The Morgan fingerprint density at radius 2 is 1.63 bits per heavy atom. The van der Waals surface area contributed by atoms with E-state index in [-0.39, 0.29) is 0 Å². The van der Waals surface area contributed by atoms with Gasteiger partial charge in [-0.1, -0.05) is 30.3 Å². The summed E-state index contributed by atoms with van der Waals surface area (Å²) in [7, 11) is 4.39. The Bertz CT molecular complexity index is 953. The maximum Gasteiger partial charge on any atom is 0.325 e. The molecule has 1 saturated heterocycles. The fourth-order valence-corrected chi connectivity index (χ4v) is 3.31. The lowest BCUT2D eigenvalue weighted by Crippen LogP contribution is -2.42. The first-order valence-electron chi connectivity index (χ1n) is 9.13. The number of nitrogens with one attached hydrogen (secondary N) is 2. The molecule has 1 atom stereocenters. The number of methoxy groups -OCH3 is 3. The number of carbonyl (C=O) groups excluding carboxylic acids is 3. The number of ether oxygens (including phenoxy) is 3. The molecule has 2 aromatic rings. The van der Waals surface area contributed by atoms with Gasteiger partial charge in [-0.3, -0.25) is 14.5 Å². The molecule has 1 aliphatic heterocycles. The molecule has 0 bridgehead atoms. The quantitative estimate of drug-likeness (QED) is 0.674. The van der Waals surface area contributed by atoms with E-state index in [1.165, 1.54) is 21.3 Å². The van der Waals surface area contributed by atoms with Gasteiger partial charge < -0.3 is 24.8 Å². The minimum absolute atomic E-state index is 0.360. The molecule has 0 aliphatic carbocycles. The number of urea groups is 1. The molecular formula is C21H23N3O6. The zero-order chi connectivity index (χ0) is 21.9. The van der Waals surface area contributed by atoms with Crippen molar-refractivity contribution in [3.8, 4) is 17.2 Å². The lowest BCUT2D eigenvalue weighted by atomic mass is 9.92. The summed E-state index contributed by atoms with van der Waals surface area (Å²) in [6, 6.07) is 11.3. The molecule has 3 rings (SSSR count). The van der Waals surface area contributed by atoms with E-state index >= 15 is 0 Å². The topological polar surface area (TPSA) is 106 Å². The van der Waals surface area contributed by atoms with Crippen molar-refractivity contribution in [2.45, 2.75) is 12.5 Å². The number of anilines is 1. The number of hydrogen-bond acceptors (Lipinski definition) is 6. The van der Waals surface area contributed by atoms with Crippen LogP contribution < -0.4 is 24.8 Å². The van der Waals surface area contributed by atoms with Crippen LogP contribution in [0.3, 0.4) is 0 Å². The summed E-state index contributed by atoms with van der Waals surface area (Å²) in [5.41, 5.74) is -0.228. The first-order chi connectivity index (χ1) is 14.3. The number of imide groups is 1. The average Bonchev–Trinajstić information content (AvgIpc) is 2.97. The minimum Gasteiger partial charge on any atom is -0.493 e. The predicted octanol–water partition coefficient (Wildman–Crippen LogP) is 2.12. The largest absolute Gasteiger partial charge is 0.493 e. The third kappa shape index (κ3) is 3.73. The van der Waals surface area contributed by atoms with Crippen molar-refractivity contribution in [3.63, 3.8) is 0 Å². The molecule has 1 heterocycles. The maximum absolute atomic E-state index is 12.9. The van der Waals surface area contributed by atoms with E-state index in [0.29, 0.717) is 28.5 Å². The Balaban J connectivity index is 1.77. The summed E-state index contributed by atoms with van der Waals surface area (Å²) in [4.78, 5) is 38.8. The Hall–Kier alpha value is -3.75. The molecule has 9 nitrogen and oxygen atoms in total. The maximum atomic E-state index is 12.9. The van der Waals surface area contributed by atoms with Gasteiger partial charge in [0.05, 0.1) is 21.3 Å². The molecule has 0 spiro atoms. The van der Waals surface area contributed by atoms with E-state index in [1.807, 2.05) is 6.07 Å². The Morgan fingerprint density at radius 1 is 1.03 bits per heavy atom. The van der Waals surface area contributed by atoms with Crippen LogP contribution in [0.25, 0.3) is 0 Å². The minimum atomic E-state index is -1.23. The fourth-order valence-electron chi connectivity index (χ4n) is 3.31. The molecule has 0 radical (unpaired) electrons. The molecule has 0 aromatic heterocycles. The SMILES string of the molecule is COc1cc(NC(=O)CN2C(=O)NC(C)(c3ccccc3)C2=O)cc(OC)c1OC. The van der Waals surface area contributed by atoms with Gasteiger partial charge in [0.25, 0.3) is 5.91 Å². The van der Waals surface area contributed by atoms with E-state index < -0.39 is 29.9 Å². The molecule has 2 N–H and O–H groups in total. The van der Waals surface area contributed by atoms with Crippen LogP contribution in [0, 0.1) is 0 Å². The van der Waals surface area contributed by atoms with Crippen LogP contribution >= 0.6 is 0 Å². The summed E-state index contributed by atoms with van der Waals surface area (Å²) >= 11 is 0. The fraction of sp³-hybridized carbons (Fsp3) is 0.286. The summed E-state index contributed by atoms with van der Waals surface area (Å²) in [5, 5.41) is 5.32. The molecule has 1 unspecified atom stereocenters. The van der Waals surface area contributed by atoms with Gasteiger partial charge in [-0.05, 0) is 12.5 Å². The molecule has 1 aliphatic rings. The number of rotatable bonds is 7. The molecule has 0 saturated carbocycles. The van der Waals surface area contributed by atoms with Crippen LogP contribution in [0.15, 0.2) is 42.5 Å². The lowest BCUT2D eigenvalue weighted by Gasteiger charge is -2.22. The van der Waals surface area contributed by atoms with Crippen molar-refractivity contribution in [1.82, 2.24) is 10.2 Å². The van der Waals surface area contributed by atoms with Crippen molar-refractivity contribution in [2.24, 2.45) is 0 Å². The highest BCUT2D eigenvalue weighted by Gasteiger charge is 2.49. The molecule has 158 valence electrons. The van der Waals surface area contributed by atoms with E-state index in [9.17, 15) is 14.4 Å². The van der Waals surface area contributed by atoms with Crippen LogP contribution in [0.4, 0.5) is 10.5 Å². The summed E-state index contributed by atoms with van der Waals surface area (Å²) in [5.74, 6) is 0.0483. The molecule has 1 fully saturated rings. The molecule has 2 aromatic carbocycles. The summed E-state index contributed by atoms with van der Waals surface area (Å²) in [6.45, 7) is 1.17. The van der Waals surface area contributed by atoms with Gasteiger partial charge in [0.2, 0.25) is 11.7 Å². The van der Waals surface area contributed by atoms with E-state index in [1.54, 1.807) is 43.3 Å². The second-order valence-corrected chi connectivity index (χ2v) is 6.77. The van der Waals surface area contributed by atoms with Gasteiger partial charge in [0, 0.05) is 17.8 Å². The second kappa shape index (κ2) is 8.32. The molecular weight excluding hydrogens is 390 g/mol. The van der Waals surface area contributed by atoms with Crippen molar-refractivity contribution in [1.29, 1.82) is 0 Å². The van der Waals surface area contributed by atoms with E-state index in [0.717, 1.165) is 4.90 Å². The van der Waals surface area contributed by atoms with Crippen LogP contribution in [-0.2, 0) is 15.1 Å². The lowest BCUT2D eigenvalue weighted by molar-refractivity contribution is -0.133. The van der Waals surface area contributed by atoms with Crippen molar-refractivity contribution in [3.05, 3.63) is 48.0 Å². The van der Waals surface area contributed by atoms with Crippen molar-refractivity contribution >= 4 is 23.5 Å². The number of carbonyl (C=O) groups is 3. The van der Waals surface area contributed by atoms with Crippen LogP contribution in [0.5, 0.6) is 17.2 Å². The van der Waals surface area contributed by atoms with Crippen LogP contribution in [0.1, 0.15) is 12.5 Å². The molecule has 4 amide bonds. The van der Waals surface area contributed by atoms with Gasteiger partial charge in [-0.15, -0.1) is 0 Å². The third-order valence-corrected chi connectivity index (χ3v) is 4.88. The van der Waals surface area contributed by atoms with Gasteiger partial charge in [0.1, 0.15) is 12.1 Å². The first-order valence-corrected chi connectivity index (χ1v) is 9.13. The Labute approximate surface area is 173 Å². The predicted molar refractivity (Wildman–Crippen MR) is 109 cm³/mol. The summed E-state index contributed by atoms with van der Waals surface area (Å²) < 4.78 is 15.8. The number of hydrogen-bond donors (Lipinski definition) is 2. The molecule has 30 heavy (non-hydrogen) atoms. The van der Waals surface area contributed by atoms with E-state index in [4.69, 9.17) is 14.2 Å².